The van der Waals surface area contributed by atoms with Gasteiger partial charge in [0.25, 0.3) is 0 Å². The molecule has 1 atom stereocenters. The van der Waals surface area contributed by atoms with Crippen LogP contribution in [0.15, 0.2) is 29.6 Å². The Morgan fingerprint density at radius 3 is 2.63 bits per heavy atom. The van der Waals surface area contributed by atoms with Crippen molar-refractivity contribution in [3.05, 3.63) is 43.7 Å². The highest BCUT2D eigenvalue weighted by molar-refractivity contribution is 14.1. The third-order valence-electron chi connectivity index (χ3n) is 3.08. The molecule has 1 aromatic heterocycles. The molecule has 1 aliphatic heterocycles. The second-order valence-corrected chi connectivity index (χ2v) is 7.22. The Labute approximate surface area is 129 Å². The van der Waals surface area contributed by atoms with Gasteiger partial charge >= 0.3 is 0 Å². The quantitative estimate of drug-likeness (QED) is 0.802. The van der Waals surface area contributed by atoms with Gasteiger partial charge in [0, 0.05) is 6.42 Å². The Morgan fingerprint density at radius 2 is 1.89 bits per heavy atom. The molecule has 0 saturated heterocycles. The summed E-state index contributed by atoms with van der Waals surface area (Å²) in [6, 6.07) is 7.97. The summed E-state index contributed by atoms with van der Waals surface area (Å²) in [6.45, 7) is 1.41. The molecule has 2 N–H and O–H groups in total. The van der Waals surface area contributed by atoms with E-state index in [0.717, 1.165) is 29.0 Å². The van der Waals surface area contributed by atoms with Crippen molar-refractivity contribution in [3.8, 4) is 11.5 Å². The van der Waals surface area contributed by atoms with Crippen LogP contribution in [0.5, 0.6) is 11.5 Å². The van der Waals surface area contributed by atoms with E-state index in [0.29, 0.717) is 13.2 Å². The van der Waals surface area contributed by atoms with Crippen LogP contribution in [0, 0.1) is 2.88 Å². The monoisotopic (exact) mass is 387 g/mol. The number of benzene rings is 1. The minimum absolute atomic E-state index is 0.114. The summed E-state index contributed by atoms with van der Waals surface area (Å²) in [4.78, 5) is 0. The lowest BCUT2D eigenvalue weighted by molar-refractivity contribution is 0.297. The Balaban J connectivity index is 1.91. The van der Waals surface area contributed by atoms with E-state index >= 15 is 0 Å². The number of rotatable bonds is 2. The van der Waals surface area contributed by atoms with E-state index < -0.39 is 0 Å². The van der Waals surface area contributed by atoms with Gasteiger partial charge in [0.15, 0.2) is 11.5 Å². The van der Waals surface area contributed by atoms with Gasteiger partial charge in [-0.1, -0.05) is 6.07 Å². The number of hydrogen-bond donors (Lipinski definition) is 1. The first-order valence-electron chi connectivity index (χ1n) is 6.13. The van der Waals surface area contributed by atoms with Gasteiger partial charge in [-0.15, -0.1) is 11.3 Å². The number of nitrogens with two attached hydrogens (primary N) is 1. The third-order valence-corrected chi connectivity index (χ3v) is 4.88. The van der Waals surface area contributed by atoms with Crippen LogP contribution in [0.3, 0.4) is 0 Å². The predicted molar refractivity (Wildman–Crippen MR) is 85.1 cm³/mol. The van der Waals surface area contributed by atoms with Gasteiger partial charge in [0.2, 0.25) is 0 Å². The molecule has 0 amide bonds. The minimum atomic E-state index is -0.114. The van der Waals surface area contributed by atoms with Crippen LogP contribution in [0.4, 0.5) is 0 Å². The van der Waals surface area contributed by atoms with Crippen molar-refractivity contribution in [1.82, 2.24) is 0 Å². The van der Waals surface area contributed by atoms with Crippen molar-refractivity contribution in [1.29, 1.82) is 0 Å². The second-order valence-electron chi connectivity index (χ2n) is 4.42. The molecular formula is C14H14INO2S. The molecule has 1 unspecified atom stereocenters. The Bertz CT molecular complexity index is 585. The molecule has 0 fully saturated rings. The van der Waals surface area contributed by atoms with Crippen LogP contribution >= 0.6 is 33.9 Å². The molecule has 0 radical (unpaired) electrons. The molecule has 2 aromatic rings. The highest BCUT2D eigenvalue weighted by atomic mass is 127. The Kier molecular flexibility index (Phi) is 3.95. The van der Waals surface area contributed by atoms with Crippen molar-refractivity contribution in [2.24, 2.45) is 5.73 Å². The Morgan fingerprint density at radius 1 is 1.11 bits per heavy atom. The molecule has 1 aromatic carbocycles. The number of thiophene rings is 1. The summed E-state index contributed by atoms with van der Waals surface area (Å²) in [5.74, 6) is 1.61. The van der Waals surface area contributed by atoms with Crippen molar-refractivity contribution >= 4 is 33.9 Å². The maximum atomic E-state index is 6.31. The van der Waals surface area contributed by atoms with Crippen LogP contribution in [-0.4, -0.2) is 13.2 Å². The first-order chi connectivity index (χ1) is 9.24. The fourth-order valence-corrected chi connectivity index (χ4v) is 3.46. The number of hydrogen-bond acceptors (Lipinski definition) is 4. The molecule has 0 saturated carbocycles. The van der Waals surface area contributed by atoms with Gasteiger partial charge in [0.05, 0.1) is 22.1 Å². The van der Waals surface area contributed by atoms with E-state index in [1.54, 1.807) is 11.3 Å². The zero-order valence-corrected chi connectivity index (χ0v) is 13.2. The summed E-state index contributed by atoms with van der Waals surface area (Å²) in [6.07, 6.45) is 0.915. The minimum Gasteiger partial charge on any atom is -0.490 e. The van der Waals surface area contributed by atoms with Crippen LogP contribution in [0.2, 0.25) is 0 Å². The summed E-state index contributed by atoms with van der Waals surface area (Å²) in [5, 5.41) is 2.11. The lowest BCUT2D eigenvalue weighted by atomic mass is 10.0. The van der Waals surface area contributed by atoms with Crippen molar-refractivity contribution in [3.63, 3.8) is 0 Å². The summed E-state index contributed by atoms with van der Waals surface area (Å²) < 4.78 is 12.6. The van der Waals surface area contributed by atoms with Gasteiger partial charge in [-0.25, -0.2) is 0 Å². The highest BCUT2D eigenvalue weighted by Crippen LogP contribution is 2.34. The number of halogens is 1. The predicted octanol–water partition coefficient (Wildman–Crippen LogP) is 3.56. The molecule has 100 valence electrons. The molecular weight excluding hydrogens is 373 g/mol. The molecule has 5 heteroatoms. The van der Waals surface area contributed by atoms with Gasteiger partial charge in [-0.05, 0) is 57.3 Å². The van der Waals surface area contributed by atoms with Gasteiger partial charge in [-0.3, -0.25) is 0 Å². The SMILES string of the molecule is NC(c1csc(I)c1)c1ccc2c(c1)OCCCO2. The number of fused-ring (bicyclic) bond motifs is 1. The topological polar surface area (TPSA) is 44.5 Å². The molecule has 2 heterocycles. The van der Waals surface area contributed by atoms with E-state index in [2.05, 4.69) is 34.0 Å². The maximum absolute atomic E-state index is 6.31. The van der Waals surface area contributed by atoms with Gasteiger partial charge < -0.3 is 15.2 Å². The van der Waals surface area contributed by atoms with Crippen LogP contribution < -0.4 is 15.2 Å². The highest BCUT2D eigenvalue weighted by Gasteiger charge is 2.15. The zero-order valence-electron chi connectivity index (χ0n) is 10.3. The smallest absolute Gasteiger partial charge is 0.161 e. The molecule has 3 nitrogen and oxygen atoms in total. The molecule has 19 heavy (non-hydrogen) atoms. The lowest BCUT2D eigenvalue weighted by Gasteiger charge is -2.14. The largest absolute Gasteiger partial charge is 0.490 e. The fraction of sp³-hybridized carbons (Fsp3) is 0.286. The van der Waals surface area contributed by atoms with Crippen molar-refractivity contribution < 1.29 is 9.47 Å². The molecule has 3 rings (SSSR count). The first kappa shape index (κ1) is 13.2. The van der Waals surface area contributed by atoms with Crippen molar-refractivity contribution in [2.45, 2.75) is 12.5 Å². The van der Waals surface area contributed by atoms with Crippen LogP contribution in [0.25, 0.3) is 0 Å². The number of ether oxygens (including phenoxy) is 2. The molecule has 0 spiro atoms. The fourth-order valence-electron chi connectivity index (χ4n) is 2.05. The van der Waals surface area contributed by atoms with E-state index in [9.17, 15) is 0 Å². The van der Waals surface area contributed by atoms with Crippen LogP contribution in [-0.2, 0) is 0 Å². The third kappa shape index (κ3) is 2.88. The summed E-state index contributed by atoms with van der Waals surface area (Å²) >= 11 is 4.02. The maximum Gasteiger partial charge on any atom is 0.161 e. The second kappa shape index (κ2) is 5.68. The zero-order chi connectivity index (χ0) is 13.2. The molecule has 0 aliphatic carbocycles. The van der Waals surface area contributed by atoms with E-state index in [1.165, 1.54) is 2.88 Å². The lowest BCUT2D eigenvalue weighted by Crippen LogP contribution is -2.11. The normalized spacial score (nSPS) is 15.9. The van der Waals surface area contributed by atoms with Gasteiger partial charge in [-0.2, -0.15) is 0 Å². The van der Waals surface area contributed by atoms with E-state index in [1.807, 2.05) is 18.2 Å². The first-order valence-corrected chi connectivity index (χ1v) is 8.09. The standard InChI is InChI=1S/C14H14INO2S/c15-13-7-10(8-19-13)14(16)9-2-3-11-12(6-9)18-5-1-4-17-11/h2-3,6-8,14H,1,4-5,16H2. The van der Waals surface area contributed by atoms with E-state index in [-0.39, 0.29) is 6.04 Å². The van der Waals surface area contributed by atoms with E-state index in [4.69, 9.17) is 15.2 Å². The molecule has 0 bridgehead atoms. The van der Waals surface area contributed by atoms with Crippen LogP contribution in [0.1, 0.15) is 23.6 Å². The average molecular weight is 387 g/mol. The summed E-state index contributed by atoms with van der Waals surface area (Å²) in [5.41, 5.74) is 8.51. The Hall–Kier alpha value is -0.790. The van der Waals surface area contributed by atoms with Crippen molar-refractivity contribution in [2.75, 3.05) is 13.2 Å². The summed E-state index contributed by atoms with van der Waals surface area (Å²) in [7, 11) is 0. The van der Waals surface area contributed by atoms with Gasteiger partial charge in [0.1, 0.15) is 0 Å². The molecule has 1 aliphatic rings. The average Bonchev–Trinajstić information content (AvgIpc) is 2.72.